The lowest BCUT2D eigenvalue weighted by molar-refractivity contribution is -0.362. The van der Waals surface area contributed by atoms with Gasteiger partial charge in [0, 0.05) is 14.1 Å². The highest BCUT2D eigenvalue weighted by Crippen LogP contribution is 1.95. The predicted octanol–water partition coefficient (Wildman–Crippen LogP) is -1.71. The Labute approximate surface area is 42.1 Å². The van der Waals surface area contributed by atoms with Gasteiger partial charge >= 0.3 is 0 Å². The maximum Gasteiger partial charge on any atom is 0.0221 e. The molecule has 1 saturated heterocycles. The molecule has 0 amide bonds. The van der Waals surface area contributed by atoms with Crippen LogP contribution >= 0.6 is 0 Å². The molecule has 0 aliphatic carbocycles. The Kier molecular flexibility index (Phi) is 0.983. The number of rotatable bonds is 0. The Morgan fingerprint density at radius 3 is 2.00 bits per heavy atom. The molecule has 0 atom stereocenters. The Hall–Kier alpha value is -0.200. The lowest BCUT2D eigenvalue weighted by atomic mass is 11.2. The van der Waals surface area contributed by atoms with Crippen LogP contribution < -0.4 is 11.4 Å². The molecule has 1 aliphatic heterocycles. The van der Waals surface area contributed by atoms with Gasteiger partial charge in [-0.25, -0.2) is 5.84 Å². The van der Waals surface area contributed by atoms with E-state index >= 15 is 0 Å². The molecule has 1 aliphatic rings. The van der Waals surface area contributed by atoms with E-state index in [1.807, 2.05) is 14.1 Å². The van der Waals surface area contributed by atoms with Crippen molar-refractivity contribution < 1.29 is 0 Å². The van der Waals surface area contributed by atoms with Crippen molar-refractivity contribution in [3.63, 3.8) is 0 Å². The molecule has 1 rings (SSSR count). The highest BCUT2D eigenvalue weighted by molar-refractivity contribution is 4.36. The van der Waals surface area contributed by atoms with Gasteiger partial charge in [0.25, 0.3) is 0 Å². The van der Waals surface area contributed by atoms with Gasteiger partial charge in [-0.3, -0.25) is 0 Å². The van der Waals surface area contributed by atoms with Gasteiger partial charge in [-0.1, -0.05) is 5.23 Å². The molecule has 5 heteroatoms. The average molecular weight is 103 g/mol. The smallest absolute Gasteiger partial charge is 0.0221 e. The molecule has 0 bridgehead atoms. The molecule has 1 fully saturated rings. The summed E-state index contributed by atoms with van der Waals surface area (Å²) in [4.78, 5) is 0. The fraction of sp³-hybridized carbons (Fsp3) is 1.00. The third-order valence-corrected chi connectivity index (χ3v) is 0.993. The largest absolute Gasteiger partial charge is 0.238 e. The summed E-state index contributed by atoms with van der Waals surface area (Å²) in [6, 6.07) is 0. The maximum atomic E-state index is 5.22. The zero-order valence-electron chi connectivity index (χ0n) is 4.42. The summed E-state index contributed by atoms with van der Waals surface area (Å²) in [7, 11) is 3.71. The first-order valence-electron chi connectivity index (χ1n) is 2.00. The fourth-order valence-corrected chi connectivity index (χ4v) is 0.385. The van der Waals surface area contributed by atoms with Crippen LogP contribution in [-0.2, 0) is 0 Å². The van der Waals surface area contributed by atoms with E-state index in [4.69, 9.17) is 5.84 Å². The molecule has 3 N–H and O–H groups in total. The summed E-state index contributed by atoms with van der Waals surface area (Å²) < 4.78 is 0. The molecular weight excluding hydrogens is 94.1 g/mol. The summed E-state index contributed by atoms with van der Waals surface area (Å²) >= 11 is 0. The van der Waals surface area contributed by atoms with Crippen LogP contribution in [0.25, 0.3) is 0 Å². The van der Waals surface area contributed by atoms with Crippen molar-refractivity contribution in [1.29, 1.82) is 0 Å². The number of hydrogen-bond donors (Lipinski definition) is 2. The number of nitrogens with zero attached hydrogens (tertiary/aromatic N) is 3. The molecule has 5 nitrogen and oxygen atoms in total. The number of nitrogens with two attached hydrogens (primary N) is 1. The van der Waals surface area contributed by atoms with Crippen LogP contribution in [0, 0.1) is 0 Å². The van der Waals surface area contributed by atoms with Crippen LogP contribution in [0.1, 0.15) is 0 Å². The number of hydrogen-bond acceptors (Lipinski definition) is 5. The molecule has 1 heterocycles. The van der Waals surface area contributed by atoms with E-state index < -0.39 is 0 Å². The Bertz CT molecular complexity index is 64.5. The van der Waals surface area contributed by atoms with Crippen LogP contribution in [-0.4, -0.2) is 29.6 Å². The van der Waals surface area contributed by atoms with Gasteiger partial charge < -0.3 is 0 Å². The lowest BCUT2D eigenvalue weighted by Gasteiger charge is -2.45. The van der Waals surface area contributed by atoms with Gasteiger partial charge in [-0.15, -0.1) is 15.8 Å². The van der Waals surface area contributed by atoms with Gasteiger partial charge in [0.1, 0.15) is 0 Å². The average Bonchev–Trinajstić information content (AvgIpc) is 1.68. The molecule has 0 spiro atoms. The molecule has 0 aromatic rings. The minimum absolute atomic E-state index is 1.38. The quantitative estimate of drug-likeness (QED) is 0.357. The topological polar surface area (TPSA) is 47.8 Å². The SMILES string of the molecule is CN1NN(N)N1C. The van der Waals surface area contributed by atoms with Crippen LogP contribution in [0.15, 0.2) is 0 Å². The minimum Gasteiger partial charge on any atom is -0.238 e. The summed E-state index contributed by atoms with van der Waals surface area (Å²) in [6.45, 7) is 0. The third-order valence-electron chi connectivity index (χ3n) is 0.993. The van der Waals surface area contributed by atoms with Crippen molar-refractivity contribution >= 4 is 0 Å². The second kappa shape index (κ2) is 1.39. The van der Waals surface area contributed by atoms with E-state index in [1.54, 1.807) is 10.2 Å². The van der Waals surface area contributed by atoms with E-state index in [2.05, 4.69) is 5.53 Å². The van der Waals surface area contributed by atoms with Gasteiger partial charge in [0.2, 0.25) is 0 Å². The summed E-state index contributed by atoms with van der Waals surface area (Å²) in [5, 5.41) is 4.85. The zero-order chi connectivity index (χ0) is 5.44. The second-order valence-corrected chi connectivity index (χ2v) is 1.46. The number of nitrogens with one attached hydrogen (secondary N) is 1. The Morgan fingerprint density at radius 1 is 1.43 bits per heavy atom. The van der Waals surface area contributed by atoms with Crippen molar-refractivity contribution in [2.75, 3.05) is 14.1 Å². The first-order valence-corrected chi connectivity index (χ1v) is 2.00. The summed E-state index contributed by atoms with van der Waals surface area (Å²) in [5.41, 5.74) is 2.73. The highest BCUT2D eigenvalue weighted by atomic mass is 16.2. The maximum absolute atomic E-state index is 5.22. The van der Waals surface area contributed by atoms with E-state index in [-0.39, 0.29) is 0 Å². The van der Waals surface area contributed by atoms with E-state index in [0.29, 0.717) is 0 Å². The van der Waals surface area contributed by atoms with Crippen molar-refractivity contribution in [1.82, 2.24) is 21.0 Å². The van der Waals surface area contributed by atoms with Crippen LogP contribution in [0.2, 0.25) is 0 Å². The van der Waals surface area contributed by atoms with Crippen LogP contribution in [0.5, 0.6) is 0 Å². The van der Waals surface area contributed by atoms with E-state index in [9.17, 15) is 0 Å². The van der Waals surface area contributed by atoms with Gasteiger partial charge in [0.15, 0.2) is 0 Å². The zero-order valence-corrected chi connectivity index (χ0v) is 4.42. The molecule has 0 saturated carbocycles. The molecule has 7 heavy (non-hydrogen) atoms. The van der Waals surface area contributed by atoms with Crippen molar-refractivity contribution in [2.24, 2.45) is 5.84 Å². The highest BCUT2D eigenvalue weighted by Gasteiger charge is 2.22. The molecular formula is C2H9N5. The van der Waals surface area contributed by atoms with Crippen LogP contribution in [0.3, 0.4) is 0 Å². The van der Waals surface area contributed by atoms with Crippen molar-refractivity contribution in [3.8, 4) is 0 Å². The molecule has 42 valence electrons. The number of hydrazine groups is 5. The molecule has 0 aromatic heterocycles. The first kappa shape index (κ1) is 4.95. The second-order valence-electron chi connectivity index (χ2n) is 1.46. The normalized spacial score (nSPS) is 27.9. The van der Waals surface area contributed by atoms with Crippen molar-refractivity contribution in [3.05, 3.63) is 0 Å². The summed E-state index contributed by atoms with van der Waals surface area (Å²) in [6.07, 6.45) is 0. The fourth-order valence-electron chi connectivity index (χ4n) is 0.385. The molecule has 0 radical (unpaired) electrons. The van der Waals surface area contributed by atoms with Crippen molar-refractivity contribution in [2.45, 2.75) is 0 Å². The van der Waals surface area contributed by atoms with E-state index in [1.165, 1.54) is 5.23 Å². The molecule has 0 aromatic carbocycles. The van der Waals surface area contributed by atoms with Gasteiger partial charge in [0.05, 0.1) is 0 Å². The summed E-state index contributed by atoms with van der Waals surface area (Å²) in [5.74, 6) is 5.22. The minimum atomic E-state index is 1.38. The van der Waals surface area contributed by atoms with Gasteiger partial charge in [-0.05, 0) is 0 Å². The third kappa shape index (κ3) is 0.601. The monoisotopic (exact) mass is 103 g/mol. The standard InChI is InChI=1S/C2H9N5/c1-5-4-7(3)6(5)2/h4H,3H2,1-2H3. The van der Waals surface area contributed by atoms with Crippen LogP contribution in [0.4, 0.5) is 0 Å². The lowest BCUT2D eigenvalue weighted by Crippen LogP contribution is -2.76. The Balaban J connectivity index is 2.29. The van der Waals surface area contributed by atoms with Gasteiger partial charge in [-0.2, -0.15) is 0 Å². The first-order chi connectivity index (χ1) is 3.22. The van der Waals surface area contributed by atoms with E-state index in [0.717, 1.165) is 0 Å². The Morgan fingerprint density at radius 2 is 2.00 bits per heavy atom. The predicted molar refractivity (Wildman–Crippen MR) is 24.7 cm³/mol. The molecule has 0 unspecified atom stereocenters.